The first-order chi connectivity index (χ1) is 7.77. The Morgan fingerprint density at radius 1 is 1.44 bits per heavy atom. The molecule has 0 saturated carbocycles. The molecule has 0 aromatic heterocycles. The number of carbonyl (C=O) groups is 1. The van der Waals surface area contributed by atoms with Crippen LogP contribution in [0.5, 0.6) is 0 Å². The third kappa shape index (κ3) is 2.59. The number of rotatable bonds is 3. The highest BCUT2D eigenvalue weighted by Gasteiger charge is 2.25. The molecule has 1 saturated heterocycles. The lowest BCUT2D eigenvalue weighted by Gasteiger charge is -2.34. The quantitative estimate of drug-likeness (QED) is 0.831. The maximum atomic E-state index is 10.8. The summed E-state index contributed by atoms with van der Waals surface area (Å²) in [7, 11) is 0. The highest BCUT2D eigenvalue weighted by Crippen LogP contribution is 2.23. The van der Waals surface area contributed by atoms with Crippen molar-refractivity contribution in [2.75, 3.05) is 26.3 Å². The smallest absolute Gasteiger partial charge is 0.317 e. The summed E-state index contributed by atoms with van der Waals surface area (Å²) in [6.45, 7) is 1.92. The summed E-state index contributed by atoms with van der Waals surface area (Å²) in [4.78, 5) is 12.7. The molecule has 1 N–H and O–H groups in total. The molecule has 1 aliphatic rings. The van der Waals surface area contributed by atoms with Crippen LogP contribution < -0.4 is 0 Å². The number of morpholine rings is 1. The van der Waals surface area contributed by atoms with E-state index in [2.05, 4.69) is 0 Å². The second kappa shape index (κ2) is 5.09. The molecule has 86 valence electrons. The van der Waals surface area contributed by atoms with Gasteiger partial charge in [-0.05, 0) is 5.56 Å². The van der Waals surface area contributed by atoms with E-state index in [-0.39, 0.29) is 12.6 Å². The zero-order valence-corrected chi connectivity index (χ0v) is 9.00. The molecule has 1 unspecified atom stereocenters. The lowest BCUT2D eigenvalue weighted by Crippen LogP contribution is -2.42. The highest BCUT2D eigenvalue weighted by molar-refractivity contribution is 5.69. The van der Waals surface area contributed by atoms with Gasteiger partial charge in [0.15, 0.2) is 0 Å². The summed E-state index contributed by atoms with van der Waals surface area (Å²) in [5, 5.41) is 8.85. The van der Waals surface area contributed by atoms with Gasteiger partial charge in [-0.3, -0.25) is 9.69 Å². The molecule has 1 heterocycles. The van der Waals surface area contributed by atoms with Crippen molar-refractivity contribution < 1.29 is 14.6 Å². The van der Waals surface area contributed by atoms with E-state index in [1.54, 1.807) is 0 Å². The van der Waals surface area contributed by atoms with Gasteiger partial charge in [-0.25, -0.2) is 0 Å². The number of aliphatic carboxylic acids is 1. The van der Waals surface area contributed by atoms with Crippen molar-refractivity contribution in [2.24, 2.45) is 0 Å². The molecule has 1 aliphatic heterocycles. The number of hydrogen-bond donors (Lipinski definition) is 1. The minimum absolute atomic E-state index is 0.0612. The van der Waals surface area contributed by atoms with E-state index in [0.717, 1.165) is 5.56 Å². The molecular formula is C12H15NO3. The van der Waals surface area contributed by atoms with Crippen LogP contribution in [0, 0.1) is 0 Å². The van der Waals surface area contributed by atoms with E-state index in [1.807, 2.05) is 35.2 Å². The zero-order chi connectivity index (χ0) is 11.4. The average molecular weight is 221 g/mol. The van der Waals surface area contributed by atoms with Crippen molar-refractivity contribution >= 4 is 5.97 Å². The predicted octanol–water partition coefficient (Wildman–Crippen LogP) is 1.14. The molecule has 0 amide bonds. The van der Waals surface area contributed by atoms with Gasteiger partial charge in [-0.1, -0.05) is 30.3 Å². The van der Waals surface area contributed by atoms with Gasteiger partial charge in [-0.15, -0.1) is 0 Å². The SMILES string of the molecule is O=C(O)CN1CCOCC1c1ccccc1. The van der Waals surface area contributed by atoms with E-state index in [1.165, 1.54) is 0 Å². The van der Waals surface area contributed by atoms with Crippen LogP contribution in [0.15, 0.2) is 30.3 Å². The van der Waals surface area contributed by atoms with Crippen molar-refractivity contribution in [1.82, 2.24) is 4.90 Å². The molecule has 4 heteroatoms. The van der Waals surface area contributed by atoms with E-state index in [4.69, 9.17) is 9.84 Å². The van der Waals surface area contributed by atoms with Gasteiger partial charge in [0.1, 0.15) is 0 Å². The molecule has 1 aromatic rings. The highest BCUT2D eigenvalue weighted by atomic mass is 16.5. The molecule has 1 atom stereocenters. The number of hydrogen-bond acceptors (Lipinski definition) is 3. The molecule has 1 fully saturated rings. The molecule has 0 radical (unpaired) electrons. The third-order valence-electron chi connectivity index (χ3n) is 2.76. The summed E-state index contributed by atoms with van der Waals surface area (Å²) in [5.41, 5.74) is 1.11. The summed E-state index contributed by atoms with van der Waals surface area (Å²) >= 11 is 0. The Balaban J connectivity index is 2.13. The first-order valence-electron chi connectivity index (χ1n) is 5.36. The fourth-order valence-corrected chi connectivity index (χ4v) is 1.98. The lowest BCUT2D eigenvalue weighted by molar-refractivity contribution is -0.140. The number of nitrogens with zero attached hydrogens (tertiary/aromatic N) is 1. The lowest BCUT2D eigenvalue weighted by atomic mass is 10.1. The molecule has 0 spiro atoms. The van der Waals surface area contributed by atoms with Gasteiger partial charge in [-0.2, -0.15) is 0 Å². The normalized spacial score (nSPS) is 21.9. The third-order valence-corrected chi connectivity index (χ3v) is 2.76. The van der Waals surface area contributed by atoms with E-state index in [9.17, 15) is 4.79 Å². The number of benzene rings is 1. The Kier molecular flexibility index (Phi) is 3.54. The van der Waals surface area contributed by atoms with Gasteiger partial charge >= 0.3 is 5.97 Å². The summed E-state index contributed by atoms with van der Waals surface area (Å²) in [5.74, 6) is -0.789. The molecule has 2 rings (SSSR count). The van der Waals surface area contributed by atoms with E-state index >= 15 is 0 Å². The molecular weight excluding hydrogens is 206 g/mol. The van der Waals surface area contributed by atoms with Crippen LogP contribution >= 0.6 is 0 Å². The van der Waals surface area contributed by atoms with E-state index in [0.29, 0.717) is 19.8 Å². The van der Waals surface area contributed by atoms with Crippen molar-refractivity contribution in [1.29, 1.82) is 0 Å². The van der Waals surface area contributed by atoms with Gasteiger partial charge < -0.3 is 9.84 Å². The summed E-state index contributed by atoms with van der Waals surface area (Å²) in [6.07, 6.45) is 0. The Morgan fingerprint density at radius 3 is 2.88 bits per heavy atom. The maximum absolute atomic E-state index is 10.8. The molecule has 0 bridgehead atoms. The molecule has 4 nitrogen and oxygen atoms in total. The predicted molar refractivity (Wildman–Crippen MR) is 59.2 cm³/mol. The van der Waals surface area contributed by atoms with Gasteiger partial charge in [0, 0.05) is 6.54 Å². The monoisotopic (exact) mass is 221 g/mol. The van der Waals surface area contributed by atoms with Crippen molar-refractivity contribution in [3.63, 3.8) is 0 Å². The van der Waals surface area contributed by atoms with Gasteiger partial charge in [0.2, 0.25) is 0 Å². The number of carboxylic acid groups (broad SMARTS) is 1. The number of carboxylic acids is 1. The van der Waals surface area contributed by atoms with Gasteiger partial charge in [0.05, 0.1) is 25.8 Å². The minimum Gasteiger partial charge on any atom is -0.480 e. The fraction of sp³-hybridized carbons (Fsp3) is 0.417. The average Bonchev–Trinajstić information content (AvgIpc) is 2.30. The second-order valence-electron chi connectivity index (χ2n) is 3.87. The van der Waals surface area contributed by atoms with Crippen molar-refractivity contribution in [2.45, 2.75) is 6.04 Å². The molecule has 1 aromatic carbocycles. The Bertz CT molecular complexity index is 353. The Hall–Kier alpha value is -1.39. The van der Waals surface area contributed by atoms with Crippen LogP contribution in [-0.2, 0) is 9.53 Å². The van der Waals surface area contributed by atoms with E-state index < -0.39 is 5.97 Å². The first kappa shape index (κ1) is 11.1. The topological polar surface area (TPSA) is 49.8 Å². The van der Waals surface area contributed by atoms with Crippen LogP contribution in [0.2, 0.25) is 0 Å². The summed E-state index contributed by atoms with van der Waals surface area (Å²) < 4.78 is 5.41. The minimum atomic E-state index is -0.789. The van der Waals surface area contributed by atoms with Crippen LogP contribution in [0.3, 0.4) is 0 Å². The standard InChI is InChI=1S/C12H15NO3/c14-12(15)8-13-6-7-16-9-11(13)10-4-2-1-3-5-10/h1-5,11H,6-9H2,(H,14,15). The Morgan fingerprint density at radius 2 is 2.19 bits per heavy atom. The molecule has 0 aliphatic carbocycles. The fourth-order valence-electron chi connectivity index (χ4n) is 1.98. The zero-order valence-electron chi connectivity index (χ0n) is 9.00. The Labute approximate surface area is 94.4 Å². The van der Waals surface area contributed by atoms with Crippen LogP contribution in [-0.4, -0.2) is 42.3 Å². The van der Waals surface area contributed by atoms with Crippen LogP contribution in [0.25, 0.3) is 0 Å². The van der Waals surface area contributed by atoms with Crippen LogP contribution in [0.4, 0.5) is 0 Å². The number of ether oxygens (including phenoxy) is 1. The van der Waals surface area contributed by atoms with Crippen molar-refractivity contribution in [3.05, 3.63) is 35.9 Å². The molecule has 16 heavy (non-hydrogen) atoms. The maximum Gasteiger partial charge on any atom is 0.317 e. The van der Waals surface area contributed by atoms with Crippen molar-refractivity contribution in [3.8, 4) is 0 Å². The van der Waals surface area contributed by atoms with Crippen LogP contribution in [0.1, 0.15) is 11.6 Å². The van der Waals surface area contributed by atoms with Gasteiger partial charge in [0.25, 0.3) is 0 Å². The first-order valence-corrected chi connectivity index (χ1v) is 5.36. The largest absolute Gasteiger partial charge is 0.480 e. The second-order valence-corrected chi connectivity index (χ2v) is 3.87. The summed E-state index contributed by atoms with van der Waals surface area (Å²) in [6, 6.07) is 9.95.